The van der Waals surface area contributed by atoms with Crippen LogP contribution in [-0.4, -0.2) is 41.9 Å². The average molecular weight is 268 g/mol. The summed E-state index contributed by atoms with van der Waals surface area (Å²) in [7, 11) is 0. The lowest BCUT2D eigenvalue weighted by Gasteiger charge is -2.26. The van der Waals surface area contributed by atoms with Gasteiger partial charge in [0.1, 0.15) is 6.26 Å². The van der Waals surface area contributed by atoms with Crippen LogP contribution >= 0.6 is 0 Å². The van der Waals surface area contributed by atoms with Crippen LogP contribution in [0.2, 0.25) is 0 Å². The Hall–Kier alpha value is -1.56. The summed E-state index contributed by atoms with van der Waals surface area (Å²) in [5.41, 5.74) is 0.179. The molecule has 1 aromatic heterocycles. The fraction of sp³-hybridized carbons (Fsp3) is 0.692. The van der Waals surface area contributed by atoms with Crippen molar-refractivity contribution in [2.75, 3.05) is 24.7 Å². The quantitative estimate of drug-likeness (QED) is 0.836. The van der Waals surface area contributed by atoms with Crippen LogP contribution < -0.4 is 4.90 Å². The van der Waals surface area contributed by atoms with Gasteiger partial charge in [-0.15, -0.1) is 0 Å². The highest BCUT2D eigenvalue weighted by Gasteiger charge is 2.25. The monoisotopic (exact) mass is 268 g/mol. The maximum Gasteiger partial charge on any atom is 0.360 e. The van der Waals surface area contributed by atoms with Crippen LogP contribution in [0, 0.1) is 0 Å². The van der Waals surface area contributed by atoms with Crippen molar-refractivity contribution >= 4 is 12.0 Å². The standard InChI is InChI=1S/C13H20N2O4/c1-2-18-12(17)11-9-19-13(14-11)15-7-5-3-4-6-10(15)8-16/h9-10,16H,2-8H2,1H3. The molecule has 1 N–H and O–H groups in total. The van der Waals surface area contributed by atoms with E-state index in [-0.39, 0.29) is 18.3 Å². The Balaban J connectivity index is 2.13. The van der Waals surface area contributed by atoms with E-state index in [0.717, 1.165) is 32.2 Å². The average Bonchev–Trinajstić information content (AvgIpc) is 2.78. The van der Waals surface area contributed by atoms with Crippen molar-refractivity contribution in [1.82, 2.24) is 4.98 Å². The van der Waals surface area contributed by atoms with Gasteiger partial charge in [0, 0.05) is 6.54 Å². The molecular weight excluding hydrogens is 248 g/mol. The number of ether oxygens (including phenoxy) is 1. The van der Waals surface area contributed by atoms with Crippen molar-refractivity contribution in [2.45, 2.75) is 38.6 Å². The molecule has 0 aromatic carbocycles. The Morgan fingerprint density at radius 3 is 3.16 bits per heavy atom. The van der Waals surface area contributed by atoms with Gasteiger partial charge < -0.3 is 19.2 Å². The largest absolute Gasteiger partial charge is 0.461 e. The first-order valence-electron chi connectivity index (χ1n) is 6.76. The number of aromatic nitrogens is 1. The molecule has 1 aromatic rings. The van der Waals surface area contributed by atoms with E-state index in [1.54, 1.807) is 6.92 Å². The molecule has 1 fully saturated rings. The zero-order valence-electron chi connectivity index (χ0n) is 11.2. The number of hydrogen-bond acceptors (Lipinski definition) is 6. The molecule has 2 rings (SSSR count). The third-order valence-electron chi connectivity index (χ3n) is 3.31. The van der Waals surface area contributed by atoms with Crippen LogP contribution in [0.5, 0.6) is 0 Å². The number of aliphatic hydroxyl groups is 1. The first-order chi connectivity index (χ1) is 9.26. The Labute approximate surface area is 112 Å². The van der Waals surface area contributed by atoms with E-state index in [0.29, 0.717) is 12.6 Å². The van der Waals surface area contributed by atoms with Crippen LogP contribution in [0.4, 0.5) is 6.01 Å². The molecule has 0 aliphatic carbocycles. The van der Waals surface area contributed by atoms with Gasteiger partial charge in [0.05, 0.1) is 19.3 Å². The van der Waals surface area contributed by atoms with Crippen LogP contribution in [0.3, 0.4) is 0 Å². The van der Waals surface area contributed by atoms with E-state index >= 15 is 0 Å². The maximum atomic E-state index is 11.5. The molecule has 6 heteroatoms. The molecule has 0 saturated carbocycles. The number of carbonyl (C=O) groups is 1. The van der Waals surface area contributed by atoms with E-state index in [2.05, 4.69) is 4.98 Å². The zero-order valence-corrected chi connectivity index (χ0v) is 11.2. The van der Waals surface area contributed by atoms with Crippen LogP contribution in [0.25, 0.3) is 0 Å². The second-order valence-electron chi connectivity index (χ2n) is 4.61. The number of anilines is 1. The molecule has 1 unspecified atom stereocenters. The van der Waals surface area contributed by atoms with Crippen molar-refractivity contribution < 1.29 is 19.1 Å². The summed E-state index contributed by atoms with van der Waals surface area (Å²) in [6.07, 6.45) is 5.49. The molecule has 106 valence electrons. The van der Waals surface area contributed by atoms with E-state index < -0.39 is 5.97 Å². The smallest absolute Gasteiger partial charge is 0.360 e. The number of oxazole rings is 1. The fourth-order valence-corrected chi connectivity index (χ4v) is 2.31. The number of rotatable bonds is 4. The number of hydrogen-bond donors (Lipinski definition) is 1. The van der Waals surface area contributed by atoms with Gasteiger partial charge in [0.25, 0.3) is 6.01 Å². The van der Waals surface area contributed by atoms with Crippen molar-refractivity contribution in [3.8, 4) is 0 Å². The summed E-state index contributed by atoms with van der Waals surface area (Å²) in [4.78, 5) is 17.7. The summed E-state index contributed by atoms with van der Waals surface area (Å²) in [6, 6.07) is 0.403. The van der Waals surface area contributed by atoms with Gasteiger partial charge in [0.15, 0.2) is 5.69 Å². The Kier molecular flexibility index (Phi) is 4.79. The molecule has 1 atom stereocenters. The minimum atomic E-state index is -0.479. The molecule has 0 amide bonds. The summed E-state index contributed by atoms with van der Waals surface area (Å²) in [6.45, 7) is 2.91. The normalized spacial score (nSPS) is 20.1. The van der Waals surface area contributed by atoms with Crippen LogP contribution in [0.15, 0.2) is 10.7 Å². The van der Waals surface area contributed by atoms with Gasteiger partial charge in [0.2, 0.25) is 0 Å². The number of esters is 1. The third-order valence-corrected chi connectivity index (χ3v) is 3.31. The van der Waals surface area contributed by atoms with Gasteiger partial charge in [-0.05, 0) is 19.8 Å². The summed E-state index contributed by atoms with van der Waals surface area (Å²) >= 11 is 0. The molecule has 1 saturated heterocycles. The zero-order chi connectivity index (χ0) is 13.7. The second-order valence-corrected chi connectivity index (χ2v) is 4.61. The molecule has 19 heavy (non-hydrogen) atoms. The lowest BCUT2D eigenvalue weighted by molar-refractivity contribution is 0.0519. The molecular formula is C13H20N2O4. The molecule has 0 radical (unpaired) electrons. The highest BCUT2D eigenvalue weighted by molar-refractivity contribution is 5.87. The van der Waals surface area contributed by atoms with Gasteiger partial charge >= 0.3 is 5.97 Å². The minimum absolute atomic E-state index is 0.0104. The van der Waals surface area contributed by atoms with E-state index in [1.807, 2.05) is 4.90 Å². The highest BCUT2D eigenvalue weighted by atomic mass is 16.5. The fourth-order valence-electron chi connectivity index (χ4n) is 2.31. The Bertz CT molecular complexity index is 419. The Morgan fingerprint density at radius 2 is 2.42 bits per heavy atom. The topological polar surface area (TPSA) is 75.8 Å². The van der Waals surface area contributed by atoms with Crippen molar-refractivity contribution in [2.24, 2.45) is 0 Å². The molecule has 0 spiro atoms. The molecule has 1 aliphatic rings. The minimum Gasteiger partial charge on any atom is -0.461 e. The van der Waals surface area contributed by atoms with E-state index in [4.69, 9.17) is 9.15 Å². The van der Waals surface area contributed by atoms with Gasteiger partial charge in [-0.25, -0.2) is 4.79 Å². The van der Waals surface area contributed by atoms with Crippen molar-refractivity contribution in [1.29, 1.82) is 0 Å². The number of nitrogens with zero attached hydrogens (tertiary/aromatic N) is 2. The molecule has 6 nitrogen and oxygen atoms in total. The maximum absolute atomic E-state index is 11.5. The van der Waals surface area contributed by atoms with Gasteiger partial charge in [-0.2, -0.15) is 4.98 Å². The first-order valence-corrected chi connectivity index (χ1v) is 6.76. The second kappa shape index (κ2) is 6.56. The van der Waals surface area contributed by atoms with Crippen LogP contribution in [-0.2, 0) is 4.74 Å². The predicted octanol–water partition coefficient (Wildman–Crippen LogP) is 1.59. The summed E-state index contributed by atoms with van der Waals surface area (Å²) in [5.74, 6) is -0.479. The van der Waals surface area contributed by atoms with E-state index in [9.17, 15) is 9.90 Å². The van der Waals surface area contributed by atoms with Crippen molar-refractivity contribution in [3.05, 3.63) is 12.0 Å². The first kappa shape index (κ1) is 13.9. The number of carbonyl (C=O) groups excluding carboxylic acids is 1. The summed E-state index contributed by atoms with van der Waals surface area (Å²) in [5, 5.41) is 9.45. The molecule has 1 aliphatic heterocycles. The SMILES string of the molecule is CCOC(=O)c1coc(N2CCCCCC2CO)n1. The van der Waals surface area contributed by atoms with Crippen LogP contribution in [0.1, 0.15) is 43.1 Å². The third kappa shape index (κ3) is 3.26. The predicted molar refractivity (Wildman–Crippen MR) is 69.1 cm³/mol. The Morgan fingerprint density at radius 1 is 1.58 bits per heavy atom. The number of aliphatic hydroxyl groups excluding tert-OH is 1. The lowest BCUT2D eigenvalue weighted by atomic mass is 10.1. The molecule has 2 heterocycles. The van der Waals surface area contributed by atoms with E-state index in [1.165, 1.54) is 6.26 Å². The van der Waals surface area contributed by atoms with Gasteiger partial charge in [-0.3, -0.25) is 0 Å². The van der Waals surface area contributed by atoms with Crippen molar-refractivity contribution in [3.63, 3.8) is 0 Å². The molecule has 0 bridgehead atoms. The lowest BCUT2D eigenvalue weighted by Crippen LogP contribution is -2.37. The highest BCUT2D eigenvalue weighted by Crippen LogP contribution is 2.23. The summed E-state index contributed by atoms with van der Waals surface area (Å²) < 4.78 is 10.2. The van der Waals surface area contributed by atoms with Gasteiger partial charge in [-0.1, -0.05) is 12.8 Å².